The first kappa shape index (κ1) is 15.5. The molecular formula is C18H23N5OS. The van der Waals surface area contributed by atoms with Gasteiger partial charge in [0.15, 0.2) is 0 Å². The van der Waals surface area contributed by atoms with Crippen LogP contribution in [-0.2, 0) is 12.8 Å². The lowest BCUT2D eigenvalue weighted by Crippen LogP contribution is -2.33. The summed E-state index contributed by atoms with van der Waals surface area (Å²) in [7, 11) is 0. The maximum Gasteiger partial charge on any atom is 0.267 e. The van der Waals surface area contributed by atoms with Crippen LogP contribution in [0.25, 0.3) is 0 Å². The third kappa shape index (κ3) is 3.10. The zero-order valence-electron chi connectivity index (χ0n) is 14.3. The predicted octanol–water partition coefficient (Wildman–Crippen LogP) is 3.06. The van der Waals surface area contributed by atoms with E-state index < -0.39 is 0 Å². The molecule has 132 valence electrons. The van der Waals surface area contributed by atoms with Crippen molar-refractivity contribution in [1.82, 2.24) is 19.1 Å². The lowest BCUT2D eigenvalue weighted by molar-refractivity contribution is 0.302. The second-order valence-corrected chi connectivity index (χ2v) is 8.39. The van der Waals surface area contributed by atoms with Gasteiger partial charge in [-0.25, -0.2) is 9.67 Å². The number of hydrogen-bond donors (Lipinski definition) is 1. The molecule has 6 nitrogen and oxygen atoms in total. The molecule has 0 amide bonds. The van der Waals surface area contributed by atoms with Crippen molar-refractivity contribution in [1.29, 1.82) is 0 Å². The van der Waals surface area contributed by atoms with E-state index in [-0.39, 0.29) is 11.6 Å². The van der Waals surface area contributed by atoms with Crippen LogP contribution < -0.4 is 10.9 Å². The van der Waals surface area contributed by atoms with E-state index in [9.17, 15) is 4.79 Å². The normalized spacial score (nSPS) is 25.8. The summed E-state index contributed by atoms with van der Waals surface area (Å²) >= 11 is 1.48. The molecule has 3 aliphatic rings. The Hall–Kier alpha value is -1.76. The molecule has 1 N–H and O–H groups in total. The molecule has 2 saturated carbocycles. The molecule has 0 radical (unpaired) electrons. The molecule has 25 heavy (non-hydrogen) atoms. The van der Waals surface area contributed by atoms with E-state index in [4.69, 9.17) is 0 Å². The maximum atomic E-state index is 12.4. The second kappa shape index (κ2) is 6.20. The maximum absolute atomic E-state index is 12.4. The SMILES string of the molecule is O=c1cc2c(nn1C1CCC(Nc3nc(C4CC4)ns3)CC1)CCC2. The summed E-state index contributed by atoms with van der Waals surface area (Å²) < 4.78 is 6.22. The van der Waals surface area contributed by atoms with E-state index in [1.54, 1.807) is 4.68 Å². The van der Waals surface area contributed by atoms with E-state index >= 15 is 0 Å². The standard InChI is InChI=1S/C18H23N5OS/c24-16-10-12-2-1-3-15(12)21-23(16)14-8-6-13(7-9-14)19-18-20-17(22-25-18)11-4-5-11/h10-11,13-14H,1-9H2,(H,19,20,22). The first-order valence-corrected chi connectivity index (χ1v) is 10.3. The minimum absolute atomic E-state index is 0.0789. The van der Waals surface area contributed by atoms with E-state index in [0.717, 1.165) is 61.6 Å². The Kier molecular flexibility index (Phi) is 3.84. The average Bonchev–Trinajstić information content (AvgIpc) is 3.20. The van der Waals surface area contributed by atoms with Gasteiger partial charge in [0.25, 0.3) is 5.56 Å². The van der Waals surface area contributed by atoms with Gasteiger partial charge in [-0.2, -0.15) is 9.47 Å². The topological polar surface area (TPSA) is 72.7 Å². The van der Waals surface area contributed by atoms with Gasteiger partial charge >= 0.3 is 0 Å². The molecule has 2 aromatic heterocycles. The Morgan fingerprint density at radius 1 is 1.12 bits per heavy atom. The zero-order chi connectivity index (χ0) is 16.8. The summed E-state index contributed by atoms with van der Waals surface area (Å²) in [5, 5.41) is 9.18. The van der Waals surface area contributed by atoms with Gasteiger partial charge in [0.05, 0.1) is 11.7 Å². The van der Waals surface area contributed by atoms with Crippen LogP contribution in [0.4, 0.5) is 5.13 Å². The van der Waals surface area contributed by atoms with Crippen LogP contribution in [0.15, 0.2) is 10.9 Å². The largest absolute Gasteiger partial charge is 0.358 e. The van der Waals surface area contributed by atoms with E-state index in [2.05, 4.69) is 19.8 Å². The average molecular weight is 357 g/mol. The molecular weight excluding hydrogens is 334 g/mol. The van der Waals surface area contributed by atoms with Crippen LogP contribution in [-0.4, -0.2) is 25.2 Å². The number of fused-ring (bicyclic) bond motifs is 1. The van der Waals surface area contributed by atoms with Crippen molar-refractivity contribution in [3.05, 3.63) is 33.5 Å². The highest BCUT2D eigenvalue weighted by molar-refractivity contribution is 7.09. The van der Waals surface area contributed by atoms with E-state index in [1.165, 1.54) is 29.9 Å². The van der Waals surface area contributed by atoms with Crippen LogP contribution in [0.5, 0.6) is 0 Å². The molecule has 7 heteroatoms. The Morgan fingerprint density at radius 2 is 1.96 bits per heavy atom. The van der Waals surface area contributed by atoms with E-state index in [1.807, 2.05) is 6.07 Å². The van der Waals surface area contributed by atoms with Crippen molar-refractivity contribution in [2.45, 2.75) is 75.8 Å². The second-order valence-electron chi connectivity index (χ2n) is 7.63. The molecule has 0 unspecified atom stereocenters. The molecule has 0 atom stereocenters. The van der Waals surface area contributed by atoms with Crippen LogP contribution in [0.2, 0.25) is 0 Å². The third-order valence-electron chi connectivity index (χ3n) is 5.74. The van der Waals surface area contributed by atoms with Gasteiger partial charge in [-0.3, -0.25) is 4.79 Å². The fraction of sp³-hybridized carbons (Fsp3) is 0.667. The van der Waals surface area contributed by atoms with Crippen LogP contribution in [0, 0.1) is 0 Å². The Balaban J connectivity index is 1.23. The van der Waals surface area contributed by atoms with Crippen molar-refractivity contribution >= 4 is 16.7 Å². The van der Waals surface area contributed by atoms with E-state index in [0.29, 0.717) is 12.0 Å². The van der Waals surface area contributed by atoms with Gasteiger partial charge in [-0.05, 0) is 63.4 Å². The molecule has 0 spiro atoms. The number of aromatic nitrogens is 4. The molecule has 2 fully saturated rings. The van der Waals surface area contributed by atoms with Crippen molar-refractivity contribution < 1.29 is 0 Å². The molecule has 0 bridgehead atoms. The smallest absolute Gasteiger partial charge is 0.267 e. The number of aryl methyl sites for hydroxylation is 2. The number of nitrogens with zero attached hydrogens (tertiary/aromatic N) is 4. The third-order valence-corrected chi connectivity index (χ3v) is 6.40. The number of hydrogen-bond acceptors (Lipinski definition) is 6. The van der Waals surface area contributed by atoms with Crippen LogP contribution in [0.1, 0.15) is 74.0 Å². The first-order chi connectivity index (χ1) is 12.3. The number of nitrogens with one attached hydrogen (secondary N) is 1. The minimum atomic E-state index is 0.0789. The quantitative estimate of drug-likeness (QED) is 0.910. The Bertz CT molecular complexity index is 832. The monoisotopic (exact) mass is 357 g/mol. The summed E-state index contributed by atoms with van der Waals surface area (Å²) in [6, 6.07) is 2.50. The minimum Gasteiger partial charge on any atom is -0.358 e. The van der Waals surface area contributed by atoms with Gasteiger partial charge in [0.1, 0.15) is 5.82 Å². The highest BCUT2D eigenvalue weighted by Gasteiger charge is 2.29. The summed E-state index contributed by atoms with van der Waals surface area (Å²) in [6.45, 7) is 0. The molecule has 3 aliphatic carbocycles. The summed E-state index contributed by atoms with van der Waals surface area (Å²) in [6.07, 6.45) is 9.74. The summed E-state index contributed by atoms with van der Waals surface area (Å²) in [5.41, 5.74) is 2.39. The highest BCUT2D eigenvalue weighted by Crippen LogP contribution is 2.39. The molecule has 2 aromatic rings. The lowest BCUT2D eigenvalue weighted by Gasteiger charge is -2.29. The van der Waals surface area contributed by atoms with Crippen molar-refractivity contribution in [3.63, 3.8) is 0 Å². The van der Waals surface area contributed by atoms with Gasteiger partial charge in [-0.15, -0.1) is 0 Å². The van der Waals surface area contributed by atoms with Gasteiger partial charge in [0, 0.05) is 29.6 Å². The fourth-order valence-electron chi connectivity index (χ4n) is 4.12. The molecule has 0 aromatic carbocycles. The van der Waals surface area contributed by atoms with Crippen molar-refractivity contribution in [3.8, 4) is 0 Å². The van der Waals surface area contributed by atoms with Crippen LogP contribution >= 0.6 is 11.5 Å². The molecule has 2 heterocycles. The number of rotatable bonds is 4. The highest BCUT2D eigenvalue weighted by atomic mass is 32.1. The Labute approximate surface area is 150 Å². The lowest BCUT2D eigenvalue weighted by atomic mass is 9.91. The van der Waals surface area contributed by atoms with Crippen LogP contribution in [0.3, 0.4) is 0 Å². The van der Waals surface area contributed by atoms with Gasteiger partial charge in [0.2, 0.25) is 5.13 Å². The zero-order valence-corrected chi connectivity index (χ0v) is 15.1. The Morgan fingerprint density at radius 3 is 2.76 bits per heavy atom. The van der Waals surface area contributed by atoms with Gasteiger partial charge in [-0.1, -0.05) is 0 Å². The number of anilines is 1. The summed E-state index contributed by atoms with van der Waals surface area (Å²) in [4.78, 5) is 17.0. The summed E-state index contributed by atoms with van der Waals surface area (Å²) in [5.74, 6) is 1.63. The molecule has 5 rings (SSSR count). The molecule has 0 saturated heterocycles. The van der Waals surface area contributed by atoms with Crippen molar-refractivity contribution in [2.24, 2.45) is 0 Å². The van der Waals surface area contributed by atoms with Crippen molar-refractivity contribution in [2.75, 3.05) is 5.32 Å². The molecule has 0 aliphatic heterocycles. The fourth-order valence-corrected chi connectivity index (χ4v) is 4.84. The predicted molar refractivity (Wildman–Crippen MR) is 97.3 cm³/mol. The first-order valence-electron chi connectivity index (χ1n) is 9.48. The van der Waals surface area contributed by atoms with Gasteiger partial charge < -0.3 is 5.32 Å².